The fraction of sp³-hybridized carbons (Fsp3) is 0.0571. The SMILES string of the molecule is Cc1cccc2c1-c1ccc(N(c3ccc(-c4cc(-c5ccccc5)cc(-c5ccccc5)c4)cc3)c3cc(N(c4ccccc4)c4ccccc4)cc(N(c4ccccc4)c4ccccc4)c3)cc1C2(C)C. The van der Waals surface area contributed by atoms with Gasteiger partial charge in [0, 0.05) is 39.5 Å². The summed E-state index contributed by atoms with van der Waals surface area (Å²) in [7, 11) is 0. The van der Waals surface area contributed by atoms with E-state index in [-0.39, 0.29) is 5.41 Å². The average Bonchev–Trinajstić information content (AvgIpc) is 3.68. The largest absolute Gasteiger partial charge is 0.310 e. The third kappa shape index (κ3) is 8.66. The van der Waals surface area contributed by atoms with Gasteiger partial charge in [0.15, 0.2) is 0 Å². The molecule has 73 heavy (non-hydrogen) atoms. The molecule has 0 fully saturated rings. The molecule has 3 nitrogen and oxygen atoms in total. The average molecular weight is 938 g/mol. The number of rotatable bonds is 12. The van der Waals surface area contributed by atoms with Gasteiger partial charge < -0.3 is 14.7 Å². The summed E-state index contributed by atoms with van der Waals surface area (Å²) in [6, 6.07) is 101. The molecule has 0 spiro atoms. The topological polar surface area (TPSA) is 9.72 Å². The maximum absolute atomic E-state index is 2.46. The molecule has 3 heteroatoms. The highest BCUT2D eigenvalue weighted by Crippen LogP contribution is 2.53. The first kappa shape index (κ1) is 45.0. The molecule has 0 bridgehead atoms. The van der Waals surface area contributed by atoms with E-state index in [1.54, 1.807) is 0 Å². The van der Waals surface area contributed by atoms with Crippen molar-refractivity contribution >= 4 is 51.2 Å². The number of benzene rings is 11. The summed E-state index contributed by atoms with van der Waals surface area (Å²) in [5.74, 6) is 0. The van der Waals surface area contributed by atoms with Gasteiger partial charge in [-0.3, -0.25) is 0 Å². The minimum Gasteiger partial charge on any atom is -0.310 e. The molecule has 1 aliphatic rings. The van der Waals surface area contributed by atoms with Crippen LogP contribution in [0, 0.1) is 6.92 Å². The molecule has 0 aromatic heterocycles. The molecule has 11 aromatic carbocycles. The van der Waals surface area contributed by atoms with E-state index in [4.69, 9.17) is 0 Å². The first-order valence-corrected chi connectivity index (χ1v) is 25.2. The Kier molecular flexibility index (Phi) is 11.8. The molecule has 12 rings (SSSR count). The number of fused-ring (bicyclic) bond motifs is 3. The molecule has 1 aliphatic carbocycles. The molecule has 0 N–H and O–H groups in total. The monoisotopic (exact) mass is 937 g/mol. The van der Waals surface area contributed by atoms with Crippen LogP contribution in [0.2, 0.25) is 0 Å². The third-order valence-corrected chi connectivity index (χ3v) is 14.5. The molecule has 0 atom stereocenters. The highest BCUT2D eigenvalue weighted by atomic mass is 15.2. The lowest BCUT2D eigenvalue weighted by Gasteiger charge is -2.33. The van der Waals surface area contributed by atoms with Crippen LogP contribution in [0.25, 0.3) is 44.5 Å². The van der Waals surface area contributed by atoms with Gasteiger partial charge in [-0.15, -0.1) is 0 Å². The fourth-order valence-electron chi connectivity index (χ4n) is 10.9. The number of aryl methyl sites for hydroxylation is 1. The van der Waals surface area contributed by atoms with Gasteiger partial charge in [-0.05, 0) is 177 Å². The Hall–Kier alpha value is -9.18. The molecule has 0 radical (unpaired) electrons. The second-order valence-corrected chi connectivity index (χ2v) is 19.5. The molecule has 0 amide bonds. The fourth-order valence-corrected chi connectivity index (χ4v) is 10.9. The summed E-state index contributed by atoms with van der Waals surface area (Å²) in [6.45, 7) is 7.00. The van der Waals surface area contributed by atoms with Crippen LogP contribution in [0.15, 0.2) is 279 Å². The van der Waals surface area contributed by atoms with Crippen molar-refractivity contribution in [3.8, 4) is 44.5 Å². The van der Waals surface area contributed by atoms with Crippen molar-refractivity contribution in [1.82, 2.24) is 0 Å². The smallest absolute Gasteiger partial charge is 0.0503 e. The molecule has 11 aromatic rings. The van der Waals surface area contributed by atoms with Crippen LogP contribution in [-0.4, -0.2) is 0 Å². The third-order valence-electron chi connectivity index (χ3n) is 14.5. The zero-order chi connectivity index (χ0) is 49.3. The van der Waals surface area contributed by atoms with Gasteiger partial charge in [-0.2, -0.15) is 0 Å². The second-order valence-electron chi connectivity index (χ2n) is 19.5. The van der Waals surface area contributed by atoms with Crippen LogP contribution in [-0.2, 0) is 5.41 Å². The Morgan fingerprint density at radius 2 is 0.589 bits per heavy atom. The highest BCUT2D eigenvalue weighted by Gasteiger charge is 2.37. The van der Waals surface area contributed by atoms with E-state index < -0.39 is 0 Å². The summed E-state index contributed by atoms with van der Waals surface area (Å²) < 4.78 is 0. The maximum atomic E-state index is 2.46. The summed E-state index contributed by atoms with van der Waals surface area (Å²) in [5, 5.41) is 0. The Morgan fingerprint density at radius 3 is 1.00 bits per heavy atom. The number of anilines is 9. The van der Waals surface area contributed by atoms with Gasteiger partial charge in [0.25, 0.3) is 0 Å². The Labute approximate surface area is 430 Å². The van der Waals surface area contributed by atoms with E-state index in [0.717, 1.165) is 62.3 Å². The van der Waals surface area contributed by atoms with E-state index in [2.05, 4.69) is 315 Å². The van der Waals surface area contributed by atoms with Crippen molar-refractivity contribution in [3.63, 3.8) is 0 Å². The van der Waals surface area contributed by atoms with E-state index in [1.807, 2.05) is 0 Å². The first-order chi connectivity index (χ1) is 35.9. The van der Waals surface area contributed by atoms with Crippen molar-refractivity contribution < 1.29 is 0 Å². The maximum Gasteiger partial charge on any atom is 0.0503 e. The first-order valence-electron chi connectivity index (χ1n) is 25.2. The van der Waals surface area contributed by atoms with Crippen molar-refractivity contribution in [2.24, 2.45) is 0 Å². The summed E-state index contributed by atoms with van der Waals surface area (Å²) >= 11 is 0. The molecular formula is C70H55N3. The van der Waals surface area contributed by atoms with Crippen molar-refractivity contribution in [2.45, 2.75) is 26.2 Å². The normalized spacial score (nSPS) is 12.2. The molecule has 0 aliphatic heterocycles. The lowest BCUT2D eigenvalue weighted by molar-refractivity contribution is 0.660. The van der Waals surface area contributed by atoms with E-state index in [1.165, 1.54) is 50.1 Å². The number of hydrogen-bond acceptors (Lipinski definition) is 3. The quantitative estimate of drug-likeness (QED) is 0.121. The van der Waals surface area contributed by atoms with E-state index >= 15 is 0 Å². The van der Waals surface area contributed by atoms with Gasteiger partial charge in [0.05, 0.1) is 17.1 Å². The van der Waals surface area contributed by atoms with Crippen molar-refractivity contribution in [3.05, 3.63) is 296 Å². The zero-order valence-corrected chi connectivity index (χ0v) is 41.4. The van der Waals surface area contributed by atoms with Gasteiger partial charge in [0.2, 0.25) is 0 Å². The van der Waals surface area contributed by atoms with Crippen LogP contribution in [0.1, 0.15) is 30.5 Å². The molecular weight excluding hydrogens is 883 g/mol. The summed E-state index contributed by atoms with van der Waals surface area (Å²) in [6.07, 6.45) is 0. The van der Waals surface area contributed by atoms with Crippen LogP contribution in [0.5, 0.6) is 0 Å². The van der Waals surface area contributed by atoms with E-state index in [9.17, 15) is 0 Å². The Bertz CT molecular complexity index is 3450. The predicted molar refractivity (Wildman–Crippen MR) is 309 cm³/mol. The summed E-state index contributed by atoms with van der Waals surface area (Å²) in [5.41, 5.74) is 23.0. The molecule has 0 heterocycles. The molecule has 0 saturated heterocycles. The Morgan fingerprint density at radius 1 is 0.247 bits per heavy atom. The van der Waals surface area contributed by atoms with Crippen LogP contribution in [0.4, 0.5) is 51.2 Å². The van der Waals surface area contributed by atoms with Gasteiger partial charge in [-0.25, -0.2) is 0 Å². The predicted octanol–water partition coefficient (Wildman–Crippen LogP) is 19.7. The summed E-state index contributed by atoms with van der Waals surface area (Å²) in [4.78, 5) is 7.20. The van der Waals surface area contributed by atoms with Gasteiger partial charge >= 0.3 is 0 Å². The molecule has 0 saturated carbocycles. The minimum atomic E-state index is -0.204. The van der Waals surface area contributed by atoms with Gasteiger partial charge in [0.1, 0.15) is 0 Å². The standard InChI is InChI=1S/C70H55N3/c1-50-23-22-36-67-69(50)66-42-41-62(49-68(66)70(67,2)3)73(61-39-37-53(38-40-61)56-44-54(51-24-10-4-11-25-51)43-55(45-56)52-26-12-5-13-27-52)65-47-63(71(57-28-14-6-15-29-57)58-30-16-7-17-31-58)46-64(48-65)72(59-32-18-8-19-33-59)60-34-20-9-21-35-60/h4-49H,1-3H3. The minimum absolute atomic E-state index is 0.204. The lowest BCUT2D eigenvalue weighted by Crippen LogP contribution is -2.18. The van der Waals surface area contributed by atoms with E-state index in [0.29, 0.717) is 0 Å². The number of para-hydroxylation sites is 4. The Balaban J connectivity index is 1.09. The number of hydrogen-bond donors (Lipinski definition) is 0. The van der Waals surface area contributed by atoms with Crippen LogP contribution >= 0.6 is 0 Å². The van der Waals surface area contributed by atoms with Crippen molar-refractivity contribution in [2.75, 3.05) is 14.7 Å². The second kappa shape index (κ2) is 19.2. The van der Waals surface area contributed by atoms with Crippen LogP contribution < -0.4 is 14.7 Å². The van der Waals surface area contributed by atoms with Crippen LogP contribution in [0.3, 0.4) is 0 Å². The zero-order valence-electron chi connectivity index (χ0n) is 41.4. The van der Waals surface area contributed by atoms with Gasteiger partial charge in [-0.1, -0.05) is 184 Å². The number of nitrogens with zero attached hydrogens (tertiary/aromatic N) is 3. The van der Waals surface area contributed by atoms with Crippen molar-refractivity contribution in [1.29, 1.82) is 0 Å². The lowest BCUT2D eigenvalue weighted by atomic mass is 9.82. The highest BCUT2D eigenvalue weighted by molar-refractivity contribution is 5.92. The molecule has 0 unspecified atom stereocenters. The molecule has 350 valence electrons.